The third-order valence-corrected chi connectivity index (χ3v) is 3.75. The molecule has 1 heterocycles. The molecule has 1 aliphatic rings. The van der Waals surface area contributed by atoms with Crippen molar-refractivity contribution in [1.82, 2.24) is 4.90 Å². The van der Waals surface area contributed by atoms with Crippen LogP contribution in [0.25, 0.3) is 0 Å². The van der Waals surface area contributed by atoms with Gasteiger partial charge < -0.3 is 4.74 Å². The van der Waals surface area contributed by atoms with Crippen LogP contribution < -0.4 is 4.74 Å². The van der Waals surface area contributed by atoms with Crippen LogP contribution in [-0.2, 0) is 0 Å². The molecule has 0 atom stereocenters. The van der Waals surface area contributed by atoms with Crippen LogP contribution in [0.15, 0.2) is 18.2 Å². The summed E-state index contributed by atoms with van der Waals surface area (Å²) >= 11 is 5.57. The van der Waals surface area contributed by atoms with E-state index in [1.807, 2.05) is 12.1 Å². The van der Waals surface area contributed by atoms with Gasteiger partial charge >= 0.3 is 0 Å². The van der Waals surface area contributed by atoms with Gasteiger partial charge in [-0.15, -0.1) is 11.6 Å². The average molecular weight is 292 g/mol. The Morgan fingerprint density at radius 1 is 1.25 bits per heavy atom. The highest BCUT2D eigenvalue weighted by molar-refractivity contribution is 6.19. The van der Waals surface area contributed by atoms with E-state index in [4.69, 9.17) is 16.3 Å². The van der Waals surface area contributed by atoms with Gasteiger partial charge in [-0.05, 0) is 56.6 Å². The molecule has 0 spiro atoms. The van der Waals surface area contributed by atoms with E-state index in [-0.39, 0.29) is 0 Å². The molecule has 2 nitrogen and oxygen atoms in total. The van der Waals surface area contributed by atoms with Crippen molar-refractivity contribution in [2.24, 2.45) is 0 Å². The van der Waals surface area contributed by atoms with Crippen molar-refractivity contribution in [2.45, 2.75) is 26.2 Å². The van der Waals surface area contributed by atoms with Gasteiger partial charge in [-0.25, -0.2) is 0 Å². The number of benzene rings is 1. The minimum Gasteiger partial charge on any atom is -0.492 e. The number of ether oxygens (including phenoxy) is 1. The Labute approximate surface area is 127 Å². The number of hydrogen-bond donors (Lipinski definition) is 0. The lowest BCUT2D eigenvalue weighted by Gasteiger charge is -2.26. The molecule has 2 rings (SSSR count). The van der Waals surface area contributed by atoms with Crippen molar-refractivity contribution in [3.8, 4) is 17.6 Å². The van der Waals surface area contributed by atoms with Gasteiger partial charge in [-0.3, -0.25) is 4.90 Å². The number of piperidine rings is 1. The summed E-state index contributed by atoms with van der Waals surface area (Å²) in [5, 5.41) is 0. The number of likely N-dealkylation sites (tertiary alicyclic amines) is 1. The summed E-state index contributed by atoms with van der Waals surface area (Å²) in [6, 6.07) is 6.04. The van der Waals surface area contributed by atoms with Gasteiger partial charge in [0, 0.05) is 12.1 Å². The zero-order valence-electron chi connectivity index (χ0n) is 12.1. The van der Waals surface area contributed by atoms with Crippen LogP contribution in [0.2, 0.25) is 0 Å². The molecule has 0 unspecified atom stereocenters. The summed E-state index contributed by atoms with van der Waals surface area (Å²) in [6.07, 6.45) is 4.03. The SMILES string of the molecule is Cc1cc(OCCN2CCCCC2)ccc1C#CCCl. The highest BCUT2D eigenvalue weighted by Crippen LogP contribution is 2.17. The molecule has 1 aromatic carbocycles. The third-order valence-electron chi connectivity index (χ3n) is 3.61. The molecule has 1 saturated heterocycles. The molecule has 3 heteroatoms. The molecule has 0 aliphatic carbocycles. The van der Waals surface area contributed by atoms with E-state index < -0.39 is 0 Å². The van der Waals surface area contributed by atoms with Gasteiger partial charge in [0.25, 0.3) is 0 Å². The molecule has 20 heavy (non-hydrogen) atoms. The lowest BCUT2D eigenvalue weighted by Crippen LogP contribution is -2.33. The molecular weight excluding hydrogens is 270 g/mol. The molecule has 0 radical (unpaired) electrons. The van der Waals surface area contributed by atoms with Crippen LogP contribution in [0, 0.1) is 18.8 Å². The van der Waals surface area contributed by atoms with E-state index in [9.17, 15) is 0 Å². The van der Waals surface area contributed by atoms with Gasteiger partial charge in [0.1, 0.15) is 12.4 Å². The summed E-state index contributed by atoms with van der Waals surface area (Å²) in [6.45, 7) is 6.26. The second kappa shape index (κ2) is 8.19. The van der Waals surface area contributed by atoms with Gasteiger partial charge in [-0.1, -0.05) is 18.3 Å². The number of alkyl halides is 1. The minimum absolute atomic E-state index is 0.369. The van der Waals surface area contributed by atoms with Crippen LogP contribution in [-0.4, -0.2) is 37.0 Å². The van der Waals surface area contributed by atoms with E-state index in [1.165, 1.54) is 32.4 Å². The lowest BCUT2D eigenvalue weighted by atomic mass is 10.1. The first-order chi connectivity index (χ1) is 9.79. The largest absolute Gasteiger partial charge is 0.492 e. The van der Waals surface area contributed by atoms with Crippen molar-refractivity contribution < 1.29 is 4.74 Å². The number of hydrogen-bond acceptors (Lipinski definition) is 2. The molecule has 1 aromatic rings. The highest BCUT2D eigenvalue weighted by Gasteiger charge is 2.09. The second-order valence-corrected chi connectivity index (χ2v) is 5.43. The molecule has 108 valence electrons. The van der Waals surface area contributed by atoms with Crippen LogP contribution in [0.3, 0.4) is 0 Å². The summed E-state index contributed by atoms with van der Waals surface area (Å²) in [4.78, 5) is 2.48. The molecular formula is C17H22ClNO. The Kier molecular flexibility index (Phi) is 6.24. The first-order valence-corrected chi connectivity index (χ1v) is 7.83. The van der Waals surface area contributed by atoms with Gasteiger partial charge in [-0.2, -0.15) is 0 Å². The molecule has 0 saturated carbocycles. The predicted octanol–water partition coefficient (Wildman–Crippen LogP) is 3.45. The number of rotatable bonds is 4. The zero-order chi connectivity index (χ0) is 14.2. The van der Waals surface area contributed by atoms with Crippen molar-refractivity contribution in [3.63, 3.8) is 0 Å². The Balaban J connectivity index is 1.82. The Morgan fingerprint density at radius 3 is 2.75 bits per heavy atom. The van der Waals surface area contributed by atoms with Gasteiger partial charge in [0.05, 0.1) is 5.88 Å². The van der Waals surface area contributed by atoms with Crippen LogP contribution in [0.1, 0.15) is 30.4 Å². The quantitative estimate of drug-likeness (QED) is 0.622. The van der Waals surface area contributed by atoms with Gasteiger partial charge in [0.15, 0.2) is 0 Å². The summed E-state index contributed by atoms with van der Waals surface area (Å²) < 4.78 is 5.83. The Morgan fingerprint density at radius 2 is 2.05 bits per heavy atom. The normalized spacial score (nSPS) is 15.5. The van der Waals surface area contributed by atoms with Crippen LogP contribution in [0.4, 0.5) is 0 Å². The molecule has 0 N–H and O–H groups in total. The molecule has 1 fully saturated rings. The van der Waals surface area contributed by atoms with Crippen molar-refractivity contribution >= 4 is 11.6 Å². The van der Waals surface area contributed by atoms with E-state index in [1.54, 1.807) is 0 Å². The van der Waals surface area contributed by atoms with E-state index in [0.717, 1.165) is 30.0 Å². The third kappa shape index (κ3) is 4.74. The maximum Gasteiger partial charge on any atom is 0.119 e. The Hall–Kier alpha value is -1.17. The molecule has 0 bridgehead atoms. The Bertz CT molecular complexity index is 483. The molecule has 0 amide bonds. The maximum absolute atomic E-state index is 5.83. The first kappa shape index (κ1) is 15.2. The summed E-state index contributed by atoms with van der Waals surface area (Å²) in [5.41, 5.74) is 2.16. The standard InChI is InChI=1S/C17H22ClNO/c1-15-14-17(8-7-16(15)6-5-9-18)20-13-12-19-10-3-2-4-11-19/h7-8,14H,2-4,9-13H2,1H3. The van der Waals surface area contributed by atoms with Crippen LogP contribution >= 0.6 is 11.6 Å². The fraction of sp³-hybridized carbons (Fsp3) is 0.529. The highest BCUT2D eigenvalue weighted by atomic mass is 35.5. The van der Waals surface area contributed by atoms with E-state index in [0.29, 0.717) is 5.88 Å². The lowest BCUT2D eigenvalue weighted by molar-refractivity contribution is 0.183. The summed E-state index contributed by atoms with van der Waals surface area (Å²) in [5.74, 6) is 7.23. The smallest absolute Gasteiger partial charge is 0.119 e. The van der Waals surface area contributed by atoms with E-state index >= 15 is 0 Å². The number of aryl methyl sites for hydroxylation is 1. The number of nitrogens with zero attached hydrogens (tertiary/aromatic N) is 1. The minimum atomic E-state index is 0.369. The summed E-state index contributed by atoms with van der Waals surface area (Å²) in [7, 11) is 0. The maximum atomic E-state index is 5.83. The van der Waals surface area contributed by atoms with Crippen LogP contribution in [0.5, 0.6) is 5.75 Å². The zero-order valence-corrected chi connectivity index (χ0v) is 12.9. The average Bonchev–Trinajstić information content (AvgIpc) is 2.47. The second-order valence-electron chi connectivity index (χ2n) is 5.16. The fourth-order valence-corrected chi connectivity index (χ4v) is 2.54. The fourth-order valence-electron chi connectivity index (χ4n) is 2.47. The monoisotopic (exact) mass is 291 g/mol. The number of halogens is 1. The predicted molar refractivity (Wildman–Crippen MR) is 84.6 cm³/mol. The van der Waals surface area contributed by atoms with Gasteiger partial charge in [0.2, 0.25) is 0 Å². The molecule has 1 aliphatic heterocycles. The molecule has 0 aromatic heterocycles. The van der Waals surface area contributed by atoms with Crippen molar-refractivity contribution in [1.29, 1.82) is 0 Å². The first-order valence-electron chi connectivity index (χ1n) is 7.30. The van der Waals surface area contributed by atoms with Crippen molar-refractivity contribution in [3.05, 3.63) is 29.3 Å². The van der Waals surface area contributed by atoms with Crippen molar-refractivity contribution in [2.75, 3.05) is 32.1 Å². The van der Waals surface area contributed by atoms with E-state index in [2.05, 4.69) is 29.7 Å². The topological polar surface area (TPSA) is 12.5 Å².